The molecule has 0 saturated carbocycles. The molecule has 1 N–H and O–H groups in total. The zero-order chi connectivity index (χ0) is 13.8. The first-order chi connectivity index (χ1) is 9.10. The summed E-state index contributed by atoms with van der Waals surface area (Å²) in [6.45, 7) is 5.14. The molecular weight excluding hydrogens is 262 g/mol. The molecule has 1 aromatic rings. The van der Waals surface area contributed by atoms with Gasteiger partial charge >= 0.3 is 0 Å². The fourth-order valence-electron chi connectivity index (χ4n) is 2.49. The van der Waals surface area contributed by atoms with Crippen LogP contribution in [-0.4, -0.2) is 25.8 Å². The van der Waals surface area contributed by atoms with E-state index in [1.54, 1.807) is 7.11 Å². The molecule has 0 bridgehead atoms. The van der Waals surface area contributed by atoms with Crippen LogP contribution in [0.1, 0.15) is 32.3 Å². The van der Waals surface area contributed by atoms with Crippen molar-refractivity contribution in [1.29, 1.82) is 0 Å². The van der Waals surface area contributed by atoms with Crippen molar-refractivity contribution in [3.63, 3.8) is 0 Å². The van der Waals surface area contributed by atoms with Crippen molar-refractivity contribution in [3.8, 4) is 11.5 Å². The van der Waals surface area contributed by atoms with Crippen molar-refractivity contribution in [3.05, 3.63) is 22.7 Å². The summed E-state index contributed by atoms with van der Waals surface area (Å²) >= 11 is 6.17. The van der Waals surface area contributed by atoms with E-state index in [0.29, 0.717) is 16.8 Å². The zero-order valence-electron chi connectivity index (χ0n) is 11.8. The van der Waals surface area contributed by atoms with Crippen LogP contribution >= 0.6 is 11.6 Å². The van der Waals surface area contributed by atoms with Gasteiger partial charge in [-0.15, -0.1) is 0 Å². The molecule has 19 heavy (non-hydrogen) atoms. The molecule has 1 saturated heterocycles. The lowest BCUT2D eigenvalue weighted by molar-refractivity contribution is 0.227. The SMILES string of the molecule is COc1cc(Cl)cc(CC2CCCN2)c1OC(C)C. The summed E-state index contributed by atoms with van der Waals surface area (Å²) < 4.78 is 11.3. The molecule has 1 fully saturated rings. The van der Waals surface area contributed by atoms with E-state index in [0.717, 1.165) is 24.3 Å². The largest absolute Gasteiger partial charge is 0.493 e. The molecule has 1 aliphatic rings. The average molecular weight is 284 g/mol. The Labute approximate surface area is 120 Å². The van der Waals surface area contributed by atoms with Crippen molar-refractivity contribution in [1.82, 2.24) is 5.32 Å². The Bertz CT molecular complexity index is 428. The van der Waals surface area contributed by atoms with Crippen molar-refractivity contribution in [2.24, 2.45) is 0 Å². The van der Waals surface area contributed by atoms with Crippen LogP contribution in [-0.2, 0) is 6.42 Å². The highest BCUT2D eigenvalue weighted by molar-refractivity contribution is 6.30. The average Bonchev–Trinajstić information content (AvgIpc) is 2.84. The van der Waals surface area contributed by atoms with Crippen LogP contribution in [0.5, 0.6) is 11.5 Å². The lowest BCUT2D eigenvalue weighted by Crippen LogP contribution is -2.24. The molecule has 1 aromatic carbocycles. The van der Waals surface area contributed by atoms with Crippen LogP contribution < -0.4 is 14.8 Å². The van der Waals surface area contributed by atoms with E-state index < -0.39 is 0 Å². The molecule has 1 heterocycles. The minimum atomic E-state index is 0.116. The van der Waals surface area contributed by atoms with Gasteiger partial charge in [0.05, 0.1) is 13.2 Å². The Morgan fingerprint density at radius 2 is 2.21 bits per heavy atom. The topological polar surface area (TPSA) is 30.5 Å². The second kappa shape index (κ2) is 6.49. The summed E-state index contributed by atoms with van der Waals surface area (Å²) in [5.74, 6) is 1.55. The summed E-state index contributed by atoms with van der Waals surface area (Å²) in [6.07, 6.45) is 3.49. The van der Waals surface area contributed by atoms with Gasteiger partial charge in [0.25, 0.3) is 0 Å². The Morgan fingerprint density at radius 3 is 2.79 bits per heavy atom. The minimum Gasteiger partial charge on any atom is -0.493 e. The van der Waals surface area contributed by atoms with E-state index in [2.05, 4.69) is 5.32 Å². The van der Waals surface area contributed by atoms with Gasteiger partial charge in [-0.2, -0.15) is 0 Å². The van der Waals surface area contributed by atoms with Crippen molar-refractivity contribution >= 4 is 11.6 Å². The molecule has 0 aromatic heterocycles. The summed E-state index contributed by atoms with van der Waals surface area (Å²) in [7, 11) is 1.65. The lowest BCUT2D eigenvalue weighted by atomic mass is 10.0. The van der Waals surface area contributed by atoms with E-state index in [4.69, 9.17) is 21.1 Å². The number of hydrogen-bond acceptors (Lipinski definition) is 3. The van der Waals surface area contributed by atoms with Crippen LogP contribution in [0.15, 0.2) is 12.1 Å². The third-order valence-electron chi connectivity index (χ3n) is 3.30. The highest BCUT2D eigenvalue weighted by Gasteiger charge is 2.20. The number of benzene rings is 1. The van der Waals surface area contributed by atoms with Gasteiger partial charge in [-0.1, -0.05) is 11.6 Å². The van der Waals surface area contributed by atoms with Gasteiger partial charge in [0.15, 0.2) is 11.5 Å². The van der Waals surface area contributed by atoms with Crippen LogP contribution in [0.3, 0.4) is 0 Å². The number of halogens is 1. The van der Waals surface area contributed by atoms with Crippen LogP contribution in [0.2, 0.25) is 5.02 Å². The summed E-state index contributed by atoms with van der Waals surface area (Å²) in [5, 5.41) is 4.20. The third kappa shape index (κ3) is 3.77. The second-order valence-corrected chi connectivity index (χ2v) is 5.70. The molecule has 1 aliphatic heterocycles. The smallest absolute Gasteiger partial charge is 0.164 e. The number of hydrogen-bond donors (Lipinski definition) is 1. The number of rotatable bonds is 5. The van der Waals surface area contributed by atoms with E-state index in [-0.39, 0.29) is 6.10 Å². The predicted octanol–water partition coefficient (Wildman–Crippen LogP) is 3.43. The Morgan fingerprint density at radius 1 is 1.42 bits per heavy atom. The van der Waals surface area contributed by atoms with Crippen molar-refractivity contribution < 1.29 is 9.47 Å². The summed E-state index contributed by atoms with van der Waals surface area (Å²) in [4.78, 5) is 0. The van der Waals surface area contributed by atoms with Crippen LogP contribution in [0.4, 0.5) is 0 Å². The number of nitrogens with one attached hydrogen (secondary N) is 1. The predicted molar refractivity (Wildman–Crippen MR) is 78.5 cm³/mol. The maximum atomic E-state index is 6.17. The van der Waals surface area contributed by atoms with Gasteiger partial charge < -0.3 is 14.8 Å². The van der Waals surface area contributed by atoms with Gasteiger partial charge in [0.2, 0.25) is 0 Å². The second-order valence-electron chi connectivity index (χ2n) is 5.26. The molecule has 1 unspecified atom stereocenters. The molecule has 4 heteroatoms. The first-order valence-electron chi connectivity index (χ1n) is 6.86. The first kappa shape index (κ1) is 14.5. The van der Waals surface area contributed by atoms with Gasteiger partial charge in [-0.3, -0.25) is 0 Å². The highest BCUT2D eigenvalue weighted by Crippen LogP contribution is 2.36. The van der Waals surface area contributed by atoms with E-state index in [9.17, 15) is 0 Å². The Hall–Kier alpha value is -0.930. The number of ether oxygens (including phenoxy) is 2. The molecule has 1 atom stereocenters. The van der Waals surface area contributed by atoms with Gasteiger partial charge in [-0.05, 0) is 45.7 Å². The first-order valence-corrected chi connectivity index (χ1v) is 7.24. The normalized spacial score (nSPS) is 18.9. The van der Waals surface area contributed by atoms with Gasteiger partial charge in [-0.25, -0.2) is 0 Å². The maximum Gasteiger partial charge on any atom is 0.164 e. The number of methoxy groups -OCH3 is 1. The van der Waals surface area contributed by atoms with E-state index >= 15 is 0 Å². The summed E-state index contributed by atoms with van der Waals surface area (Å²) in [6, 6.07) is 4.31. The van der Waals surface area contributed by atoms with Gasteiger partial charge in [0.1, 0.15) is 0 Å². The molecule has 3 nitrogen and oxygen atoms in total. The van der Waals surface area contributed by atoms with Crippen molar-refractivity contribution in [2.75, 3.05) is 13.7 Å². The fourth-order valence-corrected chi connectivity index (χ4v) is 2.72. The zero-order valence-corrected chi connectivity index (χ0v) is 12.6. The quantitative estimate of drug-likeness (QED) is 0.898. The molecule has 0 radical (unpaired) electrons. The molecule has 0 spiro atoms. The van der Waals surface area contributed by atoms with Crippen LogP contribution in [0.25, 0.3) is 0 Å². The van der Waals surface area contributed by atoms with Crippen LogP contribution in [0, 0.1) is 0 Å². The Kier molecular flexibility index (Phi) is 4.94. The monoisotopic (exact) mass is 283 g/mol. The molecule has 0 amide bonds. The summed E-state index contributed by atoms with van der Waals surface area (Å²) in [5.41, 5.74) is 1.12. The Balaban J connectivity index is 2.29. The van der Waals surface area contributed by atoms with Crippen molar-refractivity contribution in [2.45, 2.75) is 45.3 Å². The molecule has 2 rings (SSSR count). The molecule has 106 valence electrons. The fraction of sp³-hybridized carbons (Fsp3) is 0.600. The van der Waals surface area contributed by atoms with Gasteiger partial charge in [0, 0.05) is 22.7 Å². The van der Waals surface area contributed by atoms with E-state index in [1.807, 2.05) is 26.0 Å². The van der Waals surface area contributed by atoms with E-state index in [1.165, 1.54) is 12.8 Å². The standard InChI is InChI=1S/C15H22ClNO2/c1-10(2)19-15-11(8-13-5-4-6-17-13)7-12(16)9-14(15)18-3/h7,9-10,13,17H,4-6,8H2,1-3H3. The molecule has 0 aliphatic carbocycles. The third-order valence-corrected chi connectivity index (χ3v) is 3.52. The maximum absolute atomic E-state index is 6.17. The lowest BCUT2D eigenvalue weighted by Gasteiger charge is -2.20. The highest BCUT2D eigenvalue weighted by atomic mass is 35.5. The molecular formula is C15H22ClNO2. The minimum absolute atomic E-state index is 0.116.